The van der Waals surface area contributed by atoms with E-state index in [1.807, 2.05) is 0 Å². The first-order valence-corrected chi connectivity index (χ1v) is 6.65. The summed E-state index contributed by atoms with van der Waals surface area (Å²) in [4.78, 5) is 0. The third kappa shape index (κ3) is 3.16. The molecule has 0 unspecified atom stereocenters. The monoisotopic (exact) mass is 172 g/mol. The van der Waals surface area contributed by atoms with E-state index in [0.717, 1.165) is 0 Å². The Kier molecular flexibility index (Phi) is 4.70. The molecule has 0 saturated heterocycles. The maximum absolute atomic E-state index is 2.32. The number of rotatable bonds is 4. The van der Waals surface area contributed by atoms with Crippen molar-refractivity contribution in [3.63, 3.8) is 0 Å². The fourth-order valence-corrected chi connectivity index (χ4v) is 2.60. The van der Waals surface area contributed by atoms with Crippen LogP contribution in [0.15, 0.2) is 24.3 Å². The number of hydrogen-bond acceptors (Lipinski definition) is 0. The molecule has 62 valence electrons. The maximum atomic E-state index is 2.32. The Balaban J connectivity index is 2.58. The van der Waals surface area contributed by atoms with E-state index < -0.39 is 0 Å². The zero-order valence-corrected chi connectivity index (χ0v) is 9.55. The summed E-state index contributed by atoms with van der Waals surface area (Å²) in [5, 5.41) is 0. The van der Waals surface area contributed by atoms with E-state index in [0.29, 0.717) is 0 Å². The molecular formula is C11H16Mg. The first-order chi connectivity index (χ1) is 5.86. The summed E-state index contributed by atoms with van der Waals surface area (Å²) in [6.07, 6.45) is 2.48. The van der Waals surface area contributed by atoms with Crippen LogP contribution < -0.4 is 3.69 Å². The van der Waals surface area contributed by atoms with E-state index in [1.165, 1.54) is 23.0 Å². The van der Waals surface area contributed by atoms with Gasteiger partial charge in [-0.15, -0.1) is 4.55 Å². The molecule has 1 aromatic rings. The van der Waals surface area contributed by atoms with E-state index in [1.54, 1.807) is 3.69 Å². The Morgan fingerprint density at radius 1 is 1.08 bits per heavy atom. The zero-order chi connectivity index (χ0) is 8.81. The predicted molar refractivity (Wildman–Crippen MR) is 56.3 cm³/mol. The van der Waals surface area contributed by atoms with Crippen molar-refractivity contribution in [1.29, 1.82) is 0 Å². The molecule has 0 aliphatic heterocycles. The van der Waals surface area contributed by atoms with Gasteiger partial charge >= 0.3 is 20.4 Å². The highest BCUT2D eigenvalue weighted by atomic mass is 24.5. The second-order valence-corrected chi connectivity index (χ2v) is 5.63. The number of hydrogen-bond donors (Lipinski definition) is 0. The van der Waals surface area contributed by atoms with Gasteiger partial charge in [-0.05, 0) is 12.0 Å². The van der Waals surface area contributed by atoms with Crippen molar-refractivity contribution in [3.8, 4) is 0 Å². The molecule has 0 atom stereocenters. The molecule has 0 amide bonds. The molecule has 0 bridgehead atoms. The topological polar surface area (TPSA) is 0 Å². The van der Waals surface area contributed by atoms with Crippen molar-refractivity contribution in [2.45, 2.75) is 31.2 Å². The predicted octanol–water partition coefficient (Wildman–Crippen LogP) is 2.41. The highest BCUT2D eigenvalue weighted by molar-refractivity contribution is 6.53. The minimum absolute atomic E-state index is 0.0691. The van der Waals surface area contributed by atoms with E-state index in [-0.39, 0.29) is 20.4 Å². The molecule has 12 heavy (non-hydrogen) atoms. The second-order valence-electron chi connectivity index (χ2n) is 3.32. The molecule has 1 rings (SSSR count). The summed E-state index contributed by atoms with van der Waals surface area (Å²) < 4.78 is 2.99. The molecule has 0 nitrogen and oxygen atoms in total. The van der Waals surface area contributed by atoms with Crippen LogP contribution in [-0.4, -0.2) is 20.4 Å². The summed E-state index contributed by atoms with van der Waals surface area (Å²) in [7, 11) is 0. The number of benzene rings is 1. The van der Waals surface area contributed by atoms with Crippen LogP contribution in [0.3, 0.4) is 0 Å². The molecule has 0 spiro atoms. The van der Waals surface area contributed by atoms with Crippen LogP contribution in [0.5, 0.6) is 0 Å². The van der Waals surface area contributed by atoms with Crippen molar-refractivity contribution < 1.29 is 0 Å². The first-order valence-electron chi connectivity index (χ1n) is 4.94. The van der Waals surface area contributed by atoms with Gasteiger partial charge in [0.2, 0.25) is 0 Å². The summed E-state index contributed by atoms with van der Waals surface area (Å²) >= 11 is 0.0691. The Morgan fingerprint density at radius 3 is 2.25 bits per heavy atom. The molecule has 0 N–H and O–H groups in total. The normalized spacial score (nSPS) is 9.50. The van der Waals surface area contributed by atoms with Gasteiger partial charge in [-0.1, -0.05) is 44.5 Å². The average Bonchev–Trinajstić information content (AvgIpc) is 2.09. The molecule has 0 fully saturated rings. The van der Waals surface area contributed by atoms with Gasteiger partial charge in [-0.2, -0.15) is 3.69 Å². The minimum Gasteiger partial charge on any atom is -0.174 e. The molecule has 1 aromatic carbocycles. The SMILES string of the molecule is CCCc1cc[c]([Mg][CH2]C)cc1. The van der Waals surface area contributed by atoms with E-state index >= 15 is 0 Å². The van der Waals surface area contributed by atoms with Gasteiger partial charge in [0.05, 0.1) is 0 Å². The molecular weight excluding hydrogens is 156 g/mol. The Labute approximate surface area is 85.1 Å². The van der Waals surface area contributed by atoms with Gasteiger partial charge in [0.15, 0.2) is 0 Å². The minimum atomic E-state index is 0.0691. The lowest BCUT2D eigenvalue weighted by molar-refractivity contribution is 0.922. The standard InChI is InChI=1S/C9H11.C2H5.Mg/c1-2-6-9-7-4-3-5-8-9;1-2;/h4-5,7-8H,2,6H2,1H3;1H2,2H3;. The third-order valence-corrected chi connectivity index (χ3v) is 3.65. The van der Waals surface area contributed by atoms with Crippen molar-refractivity contribution in [2.75, 3.05) is 0 Å². The first kappa shape index (κ1) is 10.1. The summed E-state index contributed by atoms with van der Waals surface area (Å²) in [6.45, 7) is 4.51. The Bertz CT molecular complexity index is 188. The van der Waals surface area contributed by atoms with E-state index in [4.69, 9.17) is 0 Å². The van der Waals surface area contributed by atoms with Gasteiger partial charge in [-0.25, -0.2) is 0 Å². The lowest BCUT2D eigenvalue weighted by Crippen LogP contribution is -2.11. The lowest BCUT2D eigenvalue weighted by Gasteiger charge is -2.00. The summed E-state index contributed by atoms with van der Waals surface area (Å²) in [6, 6.07) is 9.23. The van der Waals surface area contributed by atoms with Crippen molar-refractivity contribution in [3.05, 3.63) is 29.8 Å². The van der Waals surface area contributed by atoms with Gasteiger partial charge in [0, 0.05) is 0 Å². The van der Waals surface area contributed by atoms with Crippen LogP contribution in [-0.2, 0) is 6.42 Å². The lowest BCUT2D eigenvalue weighted by atomic mass is 10.1. The fraction of sp³-hybridized carbons (Fsp3) is 0.455. The van der Waals surface area contributed by atoms with Gasteiger partial charge in [-0.3, -0.25) is 0 Å². The summed E-state index contributed by atoms with van der Waals surface area (Å²) in [5.74, 6) is 0. The molecule has 0 aromatic heterocycles. The fourth-order valence-electron chi connectivity index (χ4n) is 1.45. The quantitative estimate of drug-likeness (QED) is 0.612. The zero-order valence-electron chi connectivity index (χ0n) is 8.14. The molecule has 0 radical (unpaired) electrons. The Hall–Kier alpha value is -0.0138. The van der Waals surface area contributed by atoms with Crippen LogP contribution in [0, 0.1) is 0 Å². The van der Waals surface area contributed by atoms with Crippen LogP contribution in [0.25, 0.3) is 0 Å². The summed E-state index contributed by atoms with van der Waals surface area (Å²) in [5.41, 5.74) is 1.49. The molecule has 1 heteroatoms. The highest BCUT2D eigenvalue weighted by Gasteiger charge is 1.95. The van der Waals surface area contributed by atoms with Crippen LogP contribution in [0.4, 0.5) is 0 Å². The Morgan fingerprint density at radius 2 is 1.75 bits per heavy atom. The average molecular weight is 173 g/mol. The largest absolute Gasteiger partial charge is 0.408 e. The van der Waals surface area contributed by atoms with Crippen molar-refractivity contribution in [2.24, 2.45) is 0 Å². The van der Waals surface area contributed by atoms with E-state index in [9.17, 15) is 0 Å². The van der Waals surface area contributed by atoms with E-state index in [2.05, 4.69) is 38.1 Å². The second kappa shape index (κ2) is 5.60. The molecule has 0 aliphatic carbocycles. The molecule has 0 aliphatic rings. The number of aryl methyl sites for hydroxylation is 1. The smallest absolute Gasteiger partial charge is 0.174 e. The van der Waals surface area contributed by atoms with Crippen LogP contribution in [0.2, 0.25) is 4.55 Å². The molecule has 0 heterocycles. The van der Waals surface area contributed by atoms with Crippen LogP contribution >= 0.6 is 0 Å². The highest BCUT2D eigenvalue weighted by Crippen LogP contribution is 2.00. The van der Waals surface area contributed by atoms with Crippen LogP contribution in [0.1, 0.15) is 25.8 Å². The van der Waals surface area contributed by atoms with Crippen molar-refractivity contribution in [1.82, 2.24) is 0 Å². The maximum Gasteiger partial charge on any atom is 0.408 e. The van der Waals surface area contributed by atoms with Crippen molar-refractivity contribution >= 4 is 24.1 Å². The third-order valence-electron chi connectivity index (χ3n) is 2.10. The van der Waals surface area contributed by atoms with Gasteiger partial charge in [0.25, 0.3) is 0 Å². The van der Waals surface area contributed by atoms with Gasteiger partial charge < -0.3 is 0 Å². The molecule has 0 saturated carbocycles. The van der Waals surface area contributed by atoms with Gasteiger partial charge in [0.1, 0.15) is 0 Å².